The zero-order chi connectivity index (χ0) is 12.1. The first-order valence-corrected chi connectivity index (χ1v) is 5.26. The Morgan fingerprint density at radius 1 is 1.44 bits per heavy atom. The average molecular weight is 219 g/mol. The highest BCUT2D eigenvalue weighted by Crippen LogP contribution is 2.22. The second kappa shape index (κ2) is 5.36. The van der Waals surface area contributed by atoms with Gasteiger partial charge in [0.15, 0.2) is 0 Å². The molecule has 0 aliphatic carbocycles. The fourth-order valence-corrected chi connectivity index (χ4v) is 1.14. The van der Waals surface area contributed by atoms with Crippen LogP contribution >= 0.6 is 0 Å². The van der Waals surface area contributed by atoms with Crippen LogP contribution in [0.3, 0.4) is 0 Å². The molecule has 16 heavy (non-hydrogen) atoms. The molecule has 2 N–H and O–H groups in total. The van der Waals surface area contributed by atoms with Crippen molar-refractivity contribution >= 4 is 5.82 Å². The largest absolute Gasteiger partial charge is 0.476 e. The van der Waals surface area contributed by atoms with E-state index >= 15 is 0 Å². The molecule has 0 unspecified atom stereocenters. The first kappa shape index (κ1) is 12.3. The van der Waals surface area contributed by atoms with Gasteiger partial charge in [0.25, 0.3) is 0 Å². The molecule has 0 aliphatic rings. The summed E-state index contributed by atoms with van der Waals surface area (Å²) < 4.78 is 5.48. The fraction of sp³-hybridized carbons (Fsp3) is 0.500. The van der Waals surface area contributed by atoms with E-state index in [9.17, 15) is 0 Å². The number of nitrogen functional groups attached to an aromatic ring is 1. The molecular weight excluding hydrogens is 202 g/mol. The molecule has 0 aromatic carbocycles. The lowest BCUT2D eigenvalue weighted by Gasteiger charge is -2.11. The van der Waals surface area contributed by atoms with Gasteiger partial charge in [0.1, 0.15) is 18.2 Å². The van der Waals surface area contributed by atoms with Gasteiger partial charge in [-0.3, -0.25) is 0 Å². The molecular formula is C12H17N3O. The second-order valence-corrected chi connectivity index (χ2v) is 3.85. The summed E-state index contributed by atoms with van der Waals surface area (Å²) >= 11 is 0. The minimum Gasteiger partial charge on any atom is -0.476 e. The van der Waals surface area contributed by atoms with Gasteiger partial charge in [0.05, 0.1) is 5.56 Å². The smallest absolute Gasteiger partial charge is 0.221 e. The van der Waals surface area contributed by atoms with Crippen LogP contribution in [0, 0.1) is 19.3 Å². The van der Waals surface area contributed by atoms with E-state index in [1.54, 1.807) is 0 Å². The Kier molecular flexibility index (Phi) is 4.12. The summed E-state index contributed by atoms with van der Waals surface area (Å²) in [6.07, 6.45) is 5.71. The zero-order valence-electron chi connectivity index (χ0n) is 9.95. The van der Waals surface area contributed by atoms with Gasteiger partial charge in [-0.15, -0.1) is 12.3 Å². The van der Waals surface area contributed by atoms with Crippen molar-refractivity contribution in [2.75, 3.05) is 12.3 Å². The van der Waals surface area contributed by atoms with Crippen molar-refractivity contribution in [2.45, 2.75) is 33.1 Å². The second-order valence-electron chi connectivity index (χ2n) is 3.85. The summed E-state index contributed by atoms with van der Waals surface area (Å²) in [4.78, 5) is 8.53. The predicted octanol–water partition coefficient (Wildman–Crippen LogP) is 1.89. The SMILES string of the molecule is C#CCCOc1nc(C(C)C)nc(N)c1C. The number of rotatable bonds is 4. The molecule has 0 bridgehead atoms. The molecule has 1 aromatic heterocycles. The van der Waals surface area contributed by atoms with Crippen molar-refractivity contribution in [3.63, 3.8) is 0 Å². The predicted molar refractivity (Wildman–Crippen MR) is 64.2 cm³/mol. The first-order chi connectivity index (χ1) is 7.56. The van der Waals surface area contributed by atoms with Gasteiger partial charge in [0.2, 0.25) is 5.88 Å². The molecule has 4 nitrogen and oxygen atoms in total. The quantitative estimate of drug-likeness (QED) is 0.620. The summed E-state index contributed by atoms with van der Waals surface area (Å²) in [7, 11) is 0. The van der Waals surface area contributed by atoms with Crippen LogP contribution in [0.2, 0.25) is 0 Å². The van der Waals surface area contributed by atoms with Gasteiger partial charge in [-0.25, -0.2) is 4.98 Å². The lowest BCUT2D eigenvalue weighted by atomic mass is 10.2. The lowest BCUT2D eigenvalue weighted by molar-refractivity contribution is 0.310. The van der Waals surface area contributed by atoms with Crippen LogP contribution in [0.15, 0.2) is 0 Å². The summed E-state index contributed by atoms with van der Waals surface area (Å²) in [5, 5.41) is 0. The van der Waals surface area contributed by atoms with Crippen molar-refractivity contribution in [1.82, 2.24) is 9.97 Å². The summed E-state index contributed by atoms with van der Waals surface area (Å²) in [6.45, 7) is 6.31. The number of aromatic nitrogens is 2. The number of hydrogen-bond donors (Lipinski definition) is 1. The molecule has 1 rings (SSSR count). The van der Waals surface area contributed by atoms with Crippen molar-refractivity contribution in [3.8, 4) is 18.2 Å². The zero-order valence-corrected chi connectivity index (χ0v) is 9.95. The van der Waals surface area contributed by atoms with Crippen molar-refractivity contribution in [1.29, 1.82) is 0 Å². The van der Waals surface area contributed by atoms with Crippen molar-refractivity contribution < 1.29 is 4.74 Å². The molecule has 0 amide bonds. The molecule has 86 valence electrons. The third kappa shape index (κ3) is 2.86. The Hall–Kier alpha value is -1.76. The molecule has 0 aliphatic heterocycles. The molecule has 0 radical (unpaired) electrons. The average Bonchev–Trinajstić information content (AvgIpc) is 2.24. The maximum Gasteiger partial charge on any atom is 0.221 e. The third-order valence-corrected chi connectivity index (χ3v) is 2.16. The van der Waals surface area contributed by atoms with E-state index in [1.165, 1.54) is 0 Å². The van der Waals surface area contributed by atoms with Gasteiger partial charge in [-0.1, -0.05) is 13.8 Å². The molecule has 0 atom stereocenters. The first-order valence-electron chi connectivity index (χ1n) is 5.26. The number of ether oxygens (including phenoxy) is 1. The van der Waals surface area contributed by atoms with E-state index in [1.807, 2.05) is 20.8 Å². The number of nitrogens with zero attached hydrogens (tertiary/aromatic N) is 2. The van der Waals surface area contributed by atoms with Gasteiger partial charge in [-0.05, 0) is 6.92 Å². The minimum absolute atomic E-state index is 0.220. The van der Waals surface area contributed by atoms with Gasteiger partial charge < -0.3 is 10.5 Å². The fourth-order valence-electron chi connectivity index (χ4n) is 1.14. The van der Waals surface area contributed by atoms with Crippen LogP contribution in [-0.4, -0.2) is 16.6 Å². The maximum absolute atomic E-state index is 5.79. The molecule has 0 fully saturated rings. The Balaban J connectivity index is 2.94. The Morgan fingerprint density at radius 3 is 2.69 bits per heavy atom. The molecule has 0 saturated carbocycles. The number of hydrogen-bond acceptors (Lipinski definition) is 4. The standard InChI is InChI=1S/C12H17N3O/c1-5-6-7-16-12-9(4)10(13)14-11(15-12)8(2)3/h1,8H,6-7H2,2-4H3,(H2,13,14,15). The number of nitrogens with two attached hydrogens (primary N) is 1. The van der Waals surface area contributed by atoms with Crippen LogP contribution in [0.1, 0.15) is 37.6 Å². The van der Waals surface area contributed by atoms with Gasteiger partial charge >= 0.3 is 0 Å². The van der Waals surface area contributed by atoms with Gasteiger partial charge in [-0.2, -0.15) is 4.98 Å². The van der Waals surface area contributed by atoms with Crippen LogP contribution in [0.4, 0.5) is 5.82 Å². The van der Waals surface area contributed by atoms with Crippen molar-refractivity contribution in [2.24, 2.45) is 0 Å². The Labute approximate surface area is 96.2 Å². The lowest BCUT2D eigenvalue weighted by Crippen LogP contribution is -2.08. The molecule has 0 saturated heterocycles. The molecule has 0 spiro atoms. The van der Waals surface area contributed by atoms with E-state index in [-0.39, 0.29) is 5.92 Å². The van der Waals surface area contributed by atoms with E-state index in [0.29, 0.717) is 30.5 Å². The number of terminal acetylenes is 1. The summed E-state index contributed by atoms with van der Waals surface area (Å²) in [5.41, 5.74) is 6.56. The summed E-state index contributed by atoms with van der Waals surface area (Å²) in [6, 6.07) is 0. The maximum atomic E-state index is 5.79. The van der Waals surface area contributed by atoms with E-state index in [4.69, 9.17) is 16.9 Å². The van der Waals surface area contributed by atoms with Crippen LogP contribution < -0.4 is 10.5 Å². The highest BCUT2D eigenvalue weighted by atomic mass is 16.5. The molecule has 1 aromatic rings. The van der Waals surface area contributed by atoms with E-state index < -0.39 is 0 Å². The molecule has 1 heterocycles. The highest BCUT2D eigenvalue weighted by Gasteiger charge is 2.11. The molecule has 4 heteroatoms. The number of anilines is 1. The highest BCUT2D eigenvalue weighted by molar-refractivity contribution is 5.44. The van der Waals surface area contributed by atoms with Crippen LogP contribution in [0.5, 0.6) is 5.88 Å². The van der Waals surface area contributed by atoms with Gasteiger partial charge in [0, 0.05) is 12.3 Å². The van der Waals surface area contributed by atoms with E-state index in [2.05, 4.69) is 15.9 Å². The third-order valence-electron chi connectivity index (χ3n) is 2.16. The van der Waals surface area contributed by atoms with E-state index in [0.717, 1.165) is 5.56 Å². The monoisotopic (exact) mass is 219 g/mol. The van der Waals surface area contributed by atoms with Crippen molar-refractivity contribution in [3.05, 3.63) is 11.4 Å². The topological polar surface area (TPSA) is 61.0 Å². The van der Waals surface area contributed by atoms with Crippen LogP contribution in [0.25, 0.3) is 0 Å². The Morgan fingerprint density at radius 2 is 2.12 bits per heavy atom. The minimum atomic E-state index is 0.220. The summed E-state index contributed by atoms with van der Waals surface area (Å²) in [5.74, 6) is 4.42. The normalized spacial score (nSPS) is 10.2. The Bertz CT molecular complexity index is 407. The van der Waals surface area contributed by atoms with Crippen LogP contribution in [-0.2, 0) is 0 Å².